The molecule has 5 heteroatoms. The van der Waals surface area contributed by atoms with Gasteiger partial charge < -0.3 is 24.4 Å². The second-order valence-corrected chi connectivity index (χ2v) is 5.09. The van der Waals surface area contributed by atoms with E-state index < -0.39 is 0 Å². The highest BCUT2D eigenvalue weighted by Gasteiger charge is 2.12. The summed E-state index contributed by atoms with van der Waals surface area (Å²) in [7, 11) is 4.89. The van der Waals surface area contributed by atoms with E-state index in [-0.39, 0.29) is 0 Å². The van der Waals surface area contributed by atoms with Gasteiger partial charge in [-0.1, -0.05) is 13.8 Å². The molecule has 0 heterocycles. The predicted octanol–water partition coefficient (Wildman–Crippen LogP) is 2.53. The third-order valence-electron chi connectivity index (χ3n) is 3.78. The number of ether oxygens (including phenoxy) is 3. The quantitative estimate of drug-likeness (QED) is 0.636. The van der Waals surface area contributed by atoms with Crippen molar-refractivity contribution in [3.8, 4) is 17.2 Å². The van der Waals surface area contributed by atoms with Crippen LogP contribution in [0.25, 0.3) is 0 Å². The maximum absolute atomic E-state index is 5.37. The largest absolute Gasteiger partial charge is 0.493 e. The van der Waals surface area contributed by atoms with E-state index in [2.05, 4.69) is 24.1 Å². The fourth-order valence-electron chi connectivity index (χ4n) is 2.44. The Kier molecular flexibility index (Phi) is 8.70. The van der Waals surface area contributed by atoms with Crippen LogP contribution < -0.4 is 19.5 Å². The Morgan fingerprint density at radius 1 is 0.955 bits per heavy atom. The molecule has 0 aromatic heterocycles. The van der Waals surface area contributed by atoms with Crippen molar-refractivity contribution in [1.82, 2.24) is 10.2 Å². The Morgan fingerprint density at radius 2 is 1.55 bits per heavy atom. The lowest BCUT2D eigenvalue weighted by atomic mass is 10.1. The van der Waals surface area contributed by atoms with Gasteiger partial charge in [-0.3, -0.25) is 0 Å². The van der Waals surface area contributed by atoms with E-state index in [1.165, 1.54) is 0 Å². The molecule has 0 saturated carbocycles. The predicted molar refractivity (Wildman–Crippen MR) is 90.2 cm³/mol. The molecule has 1 rings (SSSR count). The molecule has 0 aliphatic heterocycles. The van der Waals surface area contributed by atoms with Crippen molar-refractivity contribution in [2.45, 2.75) is 26.8 Å². The molecule has 0 amide bonds. The SMILES string of the molecule is CCN(CC)CCCNCc1cc(OC)c(OC)c(OC)c1. The topological polar surface area (TPSA) is 43.0 Å². The number of benzene rings is 1. The Balaban J connectivity index is 2.52. The van der Waals surface area contributed by atoms with Crippen molar-refractivity contribution in [1.29, 1.82) is 0 Å². The van der Waals surface area contributed by atoms with E-state index >= 15 is 0 Å². The van der Waals surface area contributed by atoms with Crippen LogP contribution in [0.1, 0.15) is 25.8 Å². The van der Waals surface area contributed by atoms with Crippen molar-refractivity contribution in [3.05, 3.63) is 17.7 Å². The number of methoxy groups -OCH3 is 3. The van der Waals surface area contributed by atoms with Gasteiger partial charge in [0, 0.05) is 6.54 Å². The van der Waals surface area contributed by atoms with Gasteiger partial charge in [0.1, 0.15) is 0 Å². The zero-order chi connectivity index (χ0) is 16.4. The van der Waals surface area contributed by atoms with E-state index in [0.29, 0.717) is 17.2 Å². The van der Waals surface area contributed by atoms with E-state index in [9.17, 15) is 0 Å². The molecule has 0 unspecified atom stereocenters. The van der Waals surface area contributed by atoms with Gasteiger partial charge in [0.05, 0.1) is 21.3 Å². The molecule has 0 saturated heterocycles. The van der Waals surface area contributed by atoms with E-state index in [4.69, 9.17) is 14.2 Å². The van der Waals surface area contributed by atoms with Crippen LogP contribution in [0.4, 0.5) is 0 Å². The first-order chi connectivity index (χ1) is 10.7. The summed E-state index contributed by atoms with van der Waals surface area (Å²) in [6, 6.07) is 3.97. The monoisotopic (exact) mass is 310 g/mol. The van der Waals surface area contributed by atoms with E-state index in [0.717, 1.165) is 44.7 Å². The molecule has 0 atom stereocenters. The van der Waals surface area contributed by atoms with Crippen molar-refractivity contribution in [2.75, 3.05) is 47.5 Å². The molecule has 126 valence electrons. The molecule has 5 nitrogen and oxygen atoms in total. The summed E-state index contributed by atoms with van der Waals surface area (Å²) in [5.41, 5.74) is 1.12. The average Bonchev–Trinajstić information content (AvgIpc) is 2.56. The van der Waals surface area contributed by atoms with Crippen molar-refractivity contribution >= 4 is 0 Å². The number of hydrogen-bond donors (Lipinski definition) is 1. The maximum Gasteiger partial charge on any atom is 0.203 e. The highest BCUT2D eigenvalue weighted by Crippen LogP contribution is 2.38. The molecule has 1 aromatic rings. The van der Waals surface area contributed by atoms with Gasteiger partial charge in [-0.25, -0.2) is 0 Å². The summed E-state index contributed by atoms with van der Waals surface area (Å²) in [6.45, 7) is 9.55. The van der Waals surface area contributed by atoms with Gasteiger partial charge in [0.15, 0.2) is 11.5 Å². The minimum Gasteiger partial charge on any atom is -0.493 e. The third-order valence-corrected chi connectivity index (χ3v) is 3.78. The van der Waals surface area contributed by atoms with E-state index in [1.54, 1.807) is 21.3 Å². The fourth-order valence-corrected chi connectivity index (χ4v) is 2.44. The minimum atomic E-state index is 0.635. The molecule has 22 heavy (non-hydrogen) atoms. The van der Waals surface area contributed by atoms with Crippen molar-refractivity contribution in [3.63, 3.8) is 0 Å². The average molecular weight is 310 g/mol. The van der Waals surface area contributed by atoms with Crippen molar-refractivity contribution < 1.29 is 14.2 Å². The second kappa shape index (κ2) is 10.3. The molecule has 0 fully saturated rings. The van der Waals surface area contributed by atoms with Crippen molar-refractivity contribution in [2.24, 2.45) is 0 Å². The normalized spacial score (nSPS) is 10.8. The van der Waals surface area contributed by atoms with Crippen LogP contribution >= 0.6 is 0 Å². The Bertz CT molecular complexity index is 409. The second-order valence-electron chi connectivity index (χ2n) is 5.09. The standard InChI is InChI=1S/C17H30N2O3/c1-6-19(7-2)10-8-9-18-13-14-11-15(20-3)17(22-5)16(12-14)21-4/h11-12,18H,6-10,13H2,1-5H3. The molecule has 0 bridgehead atoms. The highest BCUT2D eigenvalue weighted by molar-refractivity contribution is 5.53. The van der Waals surface area contributed by atoms with Crippen LogP contribution in [0.5, 0.6) is 17.2 Å². The summed E-state index contributed by atoms with van der Waals surface area (Å²) < 4.78 is 16.1. The van der Waals surface area contributed by atoms with Crippen LogP contribution in [0.15, 0.2) is 12.1 Å². The zero-order valence-corrected chi connectivity index (χ0v) is 14.6. The molecule has 1 aromatic carbocycles. The Labute approximate surface area is 134 Å². The van der Waals surface area contributed by atoms with Gasteiger partial charge in [-0.05, 0) is 50.3 Å². The lowest BCUT2D eigenvalue weighted by molar-refractivity contribution is 0.298. The molecule has 0 spiro atoms. The number of rotatable bonds is 11. The first-order valence-electron chi connectivity index (χ1n) is 7.92. The van der Waals surface area contributed by atoms with E-state index in [1.807, 2.05) is 12.1 Å². The zero-order valence-electron chi connectivity index (χ0n) is 14.6. The van der Waals surface area contributed by atoms with Gasteiger partial charge >= 0.3 is 0 Å². The molecule has 1 N–H and O–H groups in total. The molecular weight excluding hydrogens is 280 g/mol. The fraction of sp³-hybridized carbons (Fsp3) is 0.647. The Hall–Kier alpha value is -1.46. The minimum absolute atomic E-state index is 0.635. The first-order valence-corrected chi connectivity index (χ1v) is 7.92. The number of hydrogen-bond acceptors (Lipinski definition) is 5. The van der Waals surface area contributed by atoms with Gasteiger partial charge in [0.2, 0.25) is 5.75 Å². The summed E-state index contributed by atoms with van der Waals surface area (Å²) in [5.74, 6) is 2.03. The summed E-state index contributed by atoms with van der Waals surface area (Å²) >= 11 is 0. The highest BCUT2D eigenvalue weighted by atomic mass is 16.5. The number of nitrogens with one attached hydrogen (secondary N) is 1. The lowest BCUT2D eigenvalue weighted by Gasteiger charge is -2.18. The molecule has 0 aliphatic rings. The first kappa shape index (κ1) is 18.6. The third kappa shape index (κ3) is 5.39. The van der Waals surface area contributed by atoms with Crippen LogP contribution in [-0.2, 0) is 6.54 Å². The number of nitrogens with zero attached hydrogens (tertiary/aromatic N) is 1. The summed E-state index contributed by atoms with van der Waals surface area (Å²) in [4.78, 5) is 2.43. The van der Waals surface area contributed by atoms with Crippen LogP contribution in [0.3, 0.4) is 0 Å². The smallest absolute Gasteiger partial charge is 0.203 e. The summed E-state index contributed by atoms with van der Waals surface area (Å²) in [5, 5.41) is 3.47. The van der Waals surface area contributed by atoms with Gasteiger partial charge in [0.25, 0.3) is 0 Å². The van der Waals surface area contributed by atoms with Crippen LogP contribution in [-0.4, -0.2) is 52.4 Å². The van der Waals surface area contributed by atoms with Crippen LogP contribution in [0, 0.1) is 0 Å². The Morgan fingerprint density at radius 3 is 2.00 bits per heavy atom. The van der Waals surface area contributed by atoms with Crippen LogP contribution in [0.2, 0.25) is 0 Å². The molecule has 0 aliphatic carbocycles. The molecule has 0 radical (unpaired) electrons. The van der Waals surface area contributed by atoms with Gasteiger partial charge in [-0.2, -0.15) is 0 Å². The maximum atomic E-state index is 5.37. The summed E-state index contributed by atoms with van der Waals surface area (Å²) in [6.07, 6.45) is 1.14. The van der Waals surface area contributed by atoms with Gasteiger partial charge in [-0.15, -0.1) is 0 Å². The lowest BCUT2D eigenvalue weighted by Crippen LogP contribution is -2.27. The molecular formula is C17H30N2O3.